The van der Waals surface area contributed by atoms with Crippen LogP contribution in [0.15, 0.2) is 0 Å². The van der Waals surface area contributed by atoms with Crippen LogP contribution in [0.25, 0.3) is 0 Å². The summed E-state index contributed by atoms with van der Waals surface area (Å²) in [6.45, 7) is 0. The second-order valence-electron chi connectivity index (χ2n) is 0.429. The van der Waals surface area contributed by atoms with Crippen molar-refractivity contribution in [2.24, 2.45) is 0 Å². The molecule has 36 valence electrons. The Balaban J connectivity index is 0. The molecule has 0 unspecified atom stereocenters. The van der Waals surface area contributed by atoms with Crippen LogP contribution in [0.1, 0.15) is 0 Å². The zero-order valence-electron chi connectivity index (χ0n) is 2.51. The van der Waals surface area contributed by atoms with E-state index in [-0.39, 0.29) is 17.6 Å². The van der Waals surface area contributed by atoms with Crippen LogP contribution in [0.4, 0.5) is 0 Å². The fourth-order valence-electron chi connectivity index (χ4n) is 0. The molecule has 0 nitrogen and oxygen atoms in total. The molecule has 6 heteroatoms. The first-order chi connectivity index (χ1) is 2.00. The van der Waals surface area contributed by atoms with E-state index in [1.807, 2.05) is 0 Å². The molecule has 0 N–H and O–H groups in total. The van der Waals surface area contributed by atoms with Gasteiger partial charge in [0, 0.05) is 17.6 Å². The third kappa shape index (κ3) is 34.1. The van der Waals surface area contributed by atoms with Crippen LogP contribution in [0.2, 0.25) is 0 Å². The van der Waals surface area contributed by atoms with E-state index in [2.05, 4.69) is 0 Å². The molecule has 0 aromatic carbocycles. The summed E-state index contributed by atoms with van der Waals surface area (Å²) in [5.74, 6) is 0. The molecule has 0 aliphatic heterocycles. The Morgan fingerprint density at radius 1 is 0.833 bits per heavy atom. The predicted octanol–water partition coefficient (Wildman–Crippen LogP) is 2.00. The van der Waals surface area contributed by atoms with Crippen LogP contribution in [0.5, 0.6) is 0 Å². The van der Waals surface area contributed by atoms with E-state index in [0.717, 1.165) is 0 Å². The molecule has 0 heterocycles. The van der Waals surface area contributed by atoms with E-state index >= 15 is 0 Å². The van der Waals surface area contributed by atoms with Gasteiger partial charge < -0.3 is 0 Å². The molecular weight excluding hydrogens is 287 g/mol. The molecular formula is Cl4Ge2. The van der Waals surface area contributed by atoms with E-state index in [4.69, 9.17) is 40.0 Å². The molecule has 0 rings (SSSR count). The van der Waals surface area contributed by atoms with Gasteiger partial charge in [0.1, 0.15) is 0 Å². The normalized spacial score (nSPS) is 10.0. The summed E-state index contributed by atoms with van der Waals surface area (Å²) in [7, 11) is 16.9. The van der Waals surface area contributed by atoms with Gasteiger partial charge in [-0.1, -0.05) is 0 Å². The summed E-state index contributed by atoms with van der Waals surface area (Å²) in [4.78, 5) is 0. The van der Waals surface area contributed by atoms with Crippen LogP contribution in [0.3, 0.4) is 0 Å². The molecule has 0 aliphatic carbocycles. The summed E-state index contributed by atoms with van der Waals surface area (Å²) in [5, 5.41) is 0. The number of halogens is 4. The van der Waals surface area contributed by atoms with Crippen molar-refractivity contribution in [1.82, 2.24) is 0 Å². The molecule has 0 aromatic heterocycles. The molecule has 0 fully saturated rings. The van der Waals surface area contributed by atoms with Crippen LogP contribution in [-0.4, -0.2) is 27.1 Å². The van der Waals surface area contributed by atoms with Gasteiger partial charge in [0.15, 0.2) is 0 Å². The third-order valence-corrected chi connectivity index (χ3v) is 0. The average Bonchev–Trinajstić information content (AvgIpc) is 0.722. The predicted molar refractivity (Wildman–Crippen MR) is 34.9 cm³/mol. The van der Waals surface area contributed by atoms with Crippen LogP contribution >= 0.6 is 40.0 Å². The molecule has 0 saturated heterocycles. The van der Waals surface area contributed by atoms with E-state index in [1.165, 1.54) is 0 Å². The maximum atomic E-state index is 5.01. The third-order valence-electron chi connectivity index (χ3n) is 0. The molecule has 0 aromatic rings. The molecule has 6 heavy (non-hydrogen) atoms. The first-order valence-electron chi connectivity index (χ1n) is 0.756. The van der Waals surface area contributed by atoms with Gasteiger partial charge in [-0.25, -0.2) is 0 Å². The first kappa shape index (κ1) is 11.1. The minimum Gasteiger partial charge on any atom is 0 e. The summed E-state index contributed by atoms with van der Waals surface area (Å²) >= 11 is 0. The van der Waals surface area contributed by atoms with Crippen LogP contribution in [0, 0.1) is 0 Å². The number of hydrogen-bond donors (Lipinski definition) is 0. The Bertz CT molecular complexity index is 21.0. The molecule has 0 atom stereocenters. The first-order valence-corrected chi connectivity index (χ1v) is 11.8. The van der Waals surface area contributed by atoms with Gasteiger partial charge in [-0.15, -0.1) is 0 Å². The van der Waals surface area contributed by atoms with Crippen molar-refractivity contribution < 1.29 is 0 Å². The Hall–Kier alpha value is 2.25. The maximum Gasteiger partial charge on any atom is 0 e. The maximum absolute atomic E-state index is 5.01. The second kappa shape index (κ2) is 4.16. The summed E-state index contributed by atoms with van der Waals surface area (Å²) in [5.41, 5.74) is 0. The van der Waals surface area contributed by atoms with Crippen molar-refractivity contribution in [3.8, 4) is 0 Å². The Kier molecular flexibility index (Phi) is 7.69. The monoisotopic (exact) mass is 288 g/mol. The fraction of sp³-hybridized carbons (Fsp3) is 0. The van der Waals surface area contributed by atoms with E-state index < -0.39 is 9.55 Å². The number of hydrogen-bond acceptors (Lipinski definition) is 0. The molecule has 0 aliphatic rings. The van der Waals surface area contributed by atoms with Gasteiger partial charge in [0.05, 0.1) is 0 Å². The van der Waals surface area contributed by atoms with E-state index in [9.17, 15) is 0 Å². The molecule has 0 bridgehead atoms. The Morgan fingerprint density at radius 3 is 0.833 bits per heavy atom. The van der Waals surface area contributed by atoms with E-state index in [1.54, 1.807) is 0 Å². The van der Waals surface area contributed by atoms with Crippen molar-refractivity contribution in [2.75, 3.05) is 0 Å². The van der Waals surface area contributed by atoms with Gasteiger partial charge in [-0.2, -0.15) is 0 Å². The van der Waals surface area contributed by atoms with Crippen molar-refractivity contribution in [2.45, 2.75) is 0 Å². The molecule has 4 radical (unpaired) electrons. The average molecular weight is 287 g/mol. The van der Waals surface area contributed by atoms with Crippen molar-refractivity contribution in [3.63, 3.8) is 0 Å². The summed E-state index contributed by atoms with van der Waals surface area (Å²) in [6.07, 6.45) is 0. The molecule has 0 amide bonds. The standard InChI is InChI=1S/Cl4Ge.Ge/c1-5(2,3)4;. The van der Waals surface area contributed by atoms with Gasteiger partial charge in [0.2, 0.25) is 0 Å². The second-order valence-corrected chi connectivity index (χ2v) is 20.0. The fourth-order valence-corrected chi connectivity index (χ4v) is 0. The number of rotatable bonds is 0. The SMILES string of the molecule is [Cl][Ge]([Cl])([Cl])[Cl].[Ge]. The van der Waals surface area contributed by atoms with Crippen LogP contribution in [-0.2, 0) is 0 Å². The minimum atomic E-state index is -3.11. The van der Waals surface area contributed by atoms with Gasteiger partial charge >= 0.3 is 49.6 Å². The van der Waals surface area contributed by atoms with Gasteiger partial charge in [-0.05, 0) is 0 Å². The van der Waals surface area contributed by atoms with Crippen LogP contribution < -0.4 is 0 Å². The quantitative estimate of drug-likeness (QED) is 0.598. The zero-order valence-corrected chi connectivity index (χ0v) is 9.73. The minimum absolute atomic E-state index is 0. The summed E-state index contributed by atoms with van der Waals surface area (Å²) < 4.78 is 0. The van der Waals surface area contributed by atoms with Gasteiger partial charge in [-0.3, -0.25) is 0 Å². The van der Waals surface area contributed by atoms with Crippen molar-refractivity contribution >= 4 is 67.2 Å². The van der Waals surface area contributed by atoms with E-state index in [0.29, 0.717) is 0 Å². The van der Waals surface area contributed by atoms with Crippen molar-refractivity contribution in [3.05, 3.63) is 0 Å². The largest absolute Gasteiger partial charge is 0 e. The Morgan fingerprint density at radius 2 is 0.833 bits per heavy atom. The Labute approximate surface area is 66.5 Å². The molecule has 0 spiro atoms. The topological polar surface area (TPSA) is 0 Å². The zero-order chi connectivity index (χ0) is 4.50. The smallest absolute Gasteiger partial charge is 0 e. The molecule has 0 saturated carbocycles. The summed E-state index contributed by atoms with van der Waals surface area (Å²) in [6, 6.07) is 0. The van der Waals surface area contributed by atoms with Gasteiger partial charge in [0.25, 0.3) is 0 Å². The van der Waals surface area contributed by atoms with Crippen molar-refractivity contribution in [1.29, 1.82) is 0 Å².